The SMILES string of the molecule is C=CCn1c(CN(CC2CCCO2)C(=O)c2ccccc2)cnc1S(=O)(=O)Cc1ccccc1. The molecule has 0 aliphatic carbocycles. The topological polar surface area (TPSA) is 81.5 Å². The van der Waals surface area contributed by atoms with Gasteiger partial charge in [-0.1, -0.05) is 54.6 Å². The van der Waals surface area contributed by atoms with Gasteiger partial charge in [0, 0.05) is 25.3 Å². The second kappa shape index (κ2) is 10.8. The summed E-state index contributed by atoms with van der Waals surface area (Å²) in [6.07, 6.45) is 5.00. The molecule has 0 radical (unpaired) electrons. The molecule has 1 unspecified atom stereocenters. The van der Waals surface area contributed by atoms with Gasteiger partial charge in [0.15, 0.2) is 0 Å². The fourth-order valence-corrected chi connectivity index (χ4v) is 5.66. The van der Waals surface area contributed by atoms with Crippen molar-refractivity contribution in [1.82, 2.24) is 14.5 Å². The molecule has 0 bridgehead atoms. The molecule has 0 N–H and O–H groups in total. The number of amides is 1. The summed E-state index contributed by atoms with van der Waals surface area (Å²) in [6, 6.07) is 18.1. The lowest BCUT2D eigenvalue weighted by molar-refractivity contribution is 0.0502. The van der Waals surface area contributed by atoms with E-state index in [1.165, 1.54) is 0 Å². The number of carbonyl (C=O) groups is 1. The summed E-state index contributed by atoms with van der Waals surface area (Å²) < 4.78 is 33.8. The zero-order chi connectivity index (χ0) is 24.0. The Morgan fingerprint density at radius 2 is 1.85 bits per heavy atom. The van der Waals surface area contributed by atoms with Crippen molar-refractivity contribution >= 4 is 15.7 Å². The Balaban J connectivity index is 1.63. The summed E-state index contributed by atoms with van der Waals surface area (Å²) >= 11 is 0. The normalized spacial score (nSPS) is 15.8. The second-order valence-corrected chi connectivity index (χ2v) is 10.2. The Bertz CT molecular complexity index is 1220. The quantitative estimate of drug-likeness (QED) is 0.413. The number of imidazole rings is 1. The highest BCUT2D eigenvalue weighted by atomic mass is 32.2. The second-order valence-electron chi connectivity index (χ2n) is 8.36. The molecule has 1 fully saturated rings. The average molecular weight is 480 g/mol. The predicted octanol–water partition coefficient (Wildman–Crippen LogP) is 3.86. The summed E-state index contributed by atoms with van der Waals surface area (Å²) in [7, 11) is -3.70. The number of hydrogen-bond acceptors (Lipinski definition) is 5. The van der Waals surface area contributed by atoms with Crippen molar-refractivity contribution in [2.75, 3.05) is 13.2 Å². The van der Waals surface area contributed by atoms with E-state index < -0.39 is 9.84 Å². The predicted molar refractivity (Wildman–Crippen MR) is 130 cm³/mol. The molecular formula is C26H29N3O4S. The number of aromatic nitrogens is 2. The number of sulfone groups is 1. The zero-order valence-corrected chi connectivity index (χ0v) is 19.9. The van der Waals surface area contributed by atoms with E-state index in [0.717, 1.165) is 12.8 Å². The van der Waals surface area contributed by atoms with Crippen molar-refractivity contribution < 1.29 is 17.9 Å². The molecule has 1 aromatic heterocycles. The van der Waals surface area contributed by atoms with Crippen molar-refractivity contribution in [3.63, 3.8) is 0 Å². The molecule has 1 amide bonds. The summed E-state index contributed by atoms with van der Waals surface area (Å²) in [4.78, 5) is 19.3. The number of allylic oxidation sites excluding steroid dienone is 1. The summed E-state index contributed by atoms with van der Waals surface area (Å²) in [5, 5.41) is -0.0181. The molecular weight excluding hydrogens is 450 g/mol. The molecule has 8 heteroatoms. The molecule has 3 aromatic rings. The van der Waals surface area contributed by atoms with Gasteiger partial charge < -0.3 is 14.2 Å². The summed E-state index contributed by atoms with van der Waals surface area (Å²) in [5.74, 6) is -0.277. The Hall–Kier alpha value is -3.23. The third kappa shape index (κ3) is 5.63. The van der Waals surface area contributed by atoms with Crippen LogP contribution in [0.25, 0.3) is 0 Å². The molecule has 0 saturated carbocycles. The van der Waals surface area contributed by atoms with Crippen LogP contribution < -0.4 is 0 Å². The van der Waals surface area contributed by atoms with Crippen LogP contribution in [0.5, 0.6) is 0 Å². The minimum Gasteiger partial charge on any atom is -0.376 e. The van der Waals surface area contributed by atoms with Gasteiger partial charge in [0.2, 0.25) is 15.0 Å². The lowest BCUT2D eigenvalue weighted by Gasteiger charge is -2.26. The smallest absolute Gasteiger partial charge is 0.254 e. The van der Waals surface area contributed by atoms with Crippen LogP contribution in [-0.4, -0.2) is 48.0 Å². The lowest BCUT2D eigenvalue weighted by Crippen LogP contribution is -2.37. The number of rotatable bonds is 10. The molecule has 0 spiro atoms. The van der Waals surface area contributed by atoms with Gasteiger partial charge in [-0.3, -0.25) is 4.79 Å². The average Bonchev–Trinajstić information content (AvgIpc) is 3.50. The van der Waals surface area contributed by atoms with Crippen molar-refractivity contribution in [3.8, 4) is 0 Å². The Kier molecular flexibility index (Phi) is 7.59. The molecule has 7 nitrogen and oxygen atoms in total. The number of carbonyl (C=O) groups excluding carboxylic acids is 1. The first kappa shape index (κ1) is 23.9. The van der Waals surface area contributed by atoms with Crippen LogP contribution in [0.2, 0.25) is 0 Å². The van der Waals surface area contributed by atoms with E-state index >= 15 is 0 Å². The first-order chi connectivity index (χ1) is 16.5. The van der Waals surface area contributed by atoms with Gasteiger partial charge in [0.05, 0.1) is 30.3 Å². The molecule has 2 heterocycles. The van der Waals surface area contributed by atoms with Crippen LogP contribution in [0.3, 0.4) is 0 Å². The van der Waals surface area contributed by atoms with Gasteiger partial charge in [-0.25, -0.2) is 13.4 Å². The molecule has 4 rings (SSSR count). The van der Waals surface area contributed by atoms with Gasteiger partial charge in [0.1, 0.15) is 0 Å². The Morgan fingerprint density at radius 3 is 2.50 bits per heavy atom. The highest BCUT2D eigenvalue weighted by molar-refractivity contribution is 7.90. The Labute approximate surface area is 200 Å². The van der Waals surface area contributed by atoms with Crippen molar-refractivity contribution in [3.05, 3.63) is 96.3 Å². The minimum absolute atomic E-state index is 0.0181. The molecule has 1 aliphatic rings. The lowest BCUT2D eigenvalue weighted by atomic mass is 10.1. The van der Waals surface area contributed by atoms with E-state index in [4.69, 9.17) is 4.74 Å². The largest absolute Gasteiger partial charge is 0.376 e. The number of hydrogen-bond donors (Lipinski definition) is 0. The van der Waals surface area contributed by atoms with E-state index in [0.29, 0.717) is 30.0 Å². The summed E-state index contributed by atoms with van der Waals surface area (Å²) in [5.41, 5.74) is 1.90. The van der Waals surface area contributed by atoms with Crippen molar-refractivity contribution in [2.24, 2.45) is 0 Å². The van der Waals surface area contributed by atoms with E-state index in [2.05, 4.69) is 11.6 Å². The molecule has 34 heavy (non-hydrogen) atoms. The maximum atomic E-state index is 13.4. The third-order valence-corrected chi connectivity index (χ3v) is 7.40. The molecule has 2 aromatic carbocycles. The van der Waals surface area contributed by atoms with Crippen LogP contribution in [0, 0.1) is 0 Å². The van der Waals surface area contributed by atoms with Crippen LogP contribution in [0.4, 0.5) is 0 Å². The number of benzene rings is 2. The number of ether oxygens (including phenoxy) is 1. The fourth-order valence-electron chi connectivity index (χ4n) is 4.16. The highest BCUT2D eigenvalue weighted by Gasteiger charge is 2.27. The third-order valence-electron chi connectivity index (χ3n) is 5.80. The molecule has 178 valence electrons. The van der Waals surface area contributed by atoms with Crippen LogP contribution in [0.1, 0.15) is 34.5 Å². The zero-order valence-electron chi connectivity index (χ0n) is 19.0. The van der Waals surface area contributed by atoms with E-state index in [9.17, 15) is 13.2 Å². The monoisotopic (exact) mass is 479 g/mol. The standard InChI is InChI=1S/C26H29N3O4S/c1-2-15-29-23(17-27-26(29)34(31,32)20-21-10-5-3-6-11-21)18-28(19-24-14-9-16-33-24)25(30)22-12-7-4-8-13-22/h2-8,10-13,17,24H,1,9,14-16,18-20H2. The van der Waals surface area contributed by atoms with E-state index in [-0.39, 0.29) is 36.0 Å². The van der Waals surface area contributed by atoms with Crippen LogP contribution in [-0.2, 0) is 33.4 Å². The Morgan fingerprint density at radius 1 is 1.15 bits per heavy atom. The van der Waals surface area contributed by atoms with Gasteiger partial charge in [-0.15, -0.1) is 6.58 Å². The van der Waals surface area contributed by atoms with Gasteiger partial charge in [-0.2, -0.15) is 0 Å². The minimum atomic E-state index is -3.70. The molecule has 1 saturated heterocycles. The first-order valence-electron chi connectivity index (χ1n) is 11.4. The van der Waals surface area contributed by atoms with Crippen LogP contribution >= 0.6 is 0 Å². The number of nitrogens with zero attached hydrogens (tertiary/aromatic N) is 3. The van der Waals surface area contributed by atoms with Gasteiger partial charge >= 0.3 is 0 Å². The summed E-state index contributed by atoms with van der Waals surface area (Å²) in [6.45, 7) is 5.39. The molecule has 1 aliphatic heterocycles. The van der Waals surface area contributed by atoms with Crippen molar-refractivity contribution in [2.45, 2.75) is 42.9 Å². The van der Waals surface area contributed by atoms with Gasteiger partial charge in [-0.05, 0) is 30.5 Å². The van der Waals surface area contributed by atoms with E-state index in [1.54, 1.807) is 46.0 Å². The van der Waals surface area contributed by atoms with E-state index in [1.807, 2.05) is 36.4 Å². The van der Waals surface area contributed by atoms with Crippen LogP contribution in [0.15, 0.2) is 84.7 Å². The first-order valence-corrected chi connectivity index (χ1v) is 13.0. The maximum absolute atomic E-state index is 13.4. The fraction of sp³-hybridized carbons (Fsp3) is 0.308. The van der Waals surface area contributed by atoms with Crippen molar-refractivity contribution in [1.29, 1.82) is 0 Å². The molecule has 1 atom stereocenters. The maximum Gasteiger partial charge on any atom is 0.254 e. The highest BCUT2D eigenvalue weighted by Crippen LogP contribution is 2.21. The van der Waals surface area contributed by atoms with Gasteiger partial charge in [0.25, 0.3) is 5.91 Å².